The number of nitrogens with two attached hydrogens (primary N) is 1. The van der Waals surface area contributed by atoms with Crippen LogP contribution in [0.5, 0.6) is 0 Å². The number of rotatable bonds is 7. The predicted octanol–water partition coefficient (Wildman–Crippen LogP) is 3.42. The second-order valence-corrected chi connectivity index (χ2v) is 5.36. The number of hydrazine groups is 1. The molecule has 1 heterocycles. The van der Waals surface area contributed by atoms with Crippen molar-refractivity contribution in [2.45, 2.75) is 24.9 Å². The van der Waals surface area contributed by atoms with Gasteiger partial charge in [0.15, 0.2) is 5.16 Å². The Kier molecular flexibility index (Phi) is 5.83. The number of nitrogens with zero attached hydrogens (tertiary/aromatic N) is 3. The summed E-state index contributed by atoms with van der Waals surface area (Å²) in [5.41, 5.74) is 3.74. The summed E-state index contributed by atoms with van der Waals surface area (Å²) in [6.45, 7) is 3.10. The SMILES string of the molecule is CCCCN(c1ccccc1)c1cc(NN)nc(SC)n1. The molecule has 112 valence electrons. The van der Waals surface area contributed by atoms with Gasteiger partial charge in [-0.25, -0.2) is 15.8 Å². The Bertz CT molecular complexity index is 539. The summed E-state index contributed by atoms with van der Waals surface area (Å²) in [6, 6.07) is 12.1. The van der Waals surface area contributed by atoms with Gasteiger partial charge in [-0.2, -0.15) is 0 Å². The van der Waals surface area contributed by atoms with E-state index >= 15 is 0 Å². The molecule has 0 aliphatic heterocycles. The molecule has 3 N–H and O–H groups in total. The fraction of sp³-hybridized carbons (Fsp3) is 0.333. The maximum Gasteiger partial charge on any atom is 0.191 e. The van der Waals surface area contributed by atoms with Crippen molar-refractivity contribution in [3.05, 3.63) is 36.4 Å². The number of para-hydroxylation sites is 1. The zero-order valence-corrected chi connectivity index (χ0v) is 13.2. The van der Waals surface area contributed by atoms with Gasteiger partial charge in [0.2, 0.25) is 0 Å². The molecule has 5 nitrogen and oxygen atoms in total. The van der Waals surface area contributed by atoms with Crippen LogP contribution in [0, 0.1) is 0 Å². The average Bonchev–Trinajstić information content (AvgIpc) is 2.55. The van der Waals surface area contributed by atoms with Crippen molar-refractivity contribution < 1.29 is 0 Å². The first-order chi connectivity index (χ1) is 10.3. The predicted molar refractivity (Wildman–Crippen MR) is 90.0 cm³/mol. The molecule has 1 aromatic carbocycles. The lowest BCUT2D eigenvalue weighted by molar-refractivity contribution is 0.772. The van der Waals surface area contributed by atoms with Crippen LogP contribution in [0.3, 0.4) is 0 Å². The number of thioether (sulfide) groups is 1. The lowest BCUT2D eigenvalue weighted by Crippen LogP contribution is -2.21. The number of nitrogen functional groups attached to an aromatic ring is 1. The molecule has 0 radical (unpaired) electrons. The highest BCUT2D eigenvalue weighted by molar-refractivity contribution is 7.98. The summed E-state index contributed by atoms with van der Waals surface area (Å²) in [6.07, 6.45) is 4.18. The number of benzene rings is 1. The number of unbranched alkanes of at least 4 members (excludes halogenated alkanes) is 1. The van der Waals surface area contributed by atoms with Crippen molar-refractivity contribution in [1.82, 2.24) is 9.97 Å². The van der Waals surface area contributed by atoms with Gasteiger partial charge in [0, 0.05) is 18.3 Å². The van der Waals surface area contributed by atoms with Gasteiger partial charge in [-0.15, -0.1) is 0 Å². The van der Waals surface area contributed by atoms with Crippen LogP contribution in [0.15, 0.2) is 41.6 Å². The summed E-state index contributed by atoms with van der Waals surface area (Å²) in [5, 5.41) is 0.706. The molecule has 0 atom stereocenters. The summed E-state index contributed by atoms with van der Waals surface area (Å²) in [7, 11) is 0. The van der Waals surface area contributed by atoms with Crippen molar-refractivity contribution in [3.63, 3.8) is 0 Å². The van der Waals surface area contributed by atoms with Crippen LogP contribution in [0.4, 0.5) is 17.3 Å². The van der Waals surface area contributed by atoms with Crippen molar-refractivity contribution in [2.24, 2.45) is 5.84 Å². The first-order valence-electron chi connectivity index (χ1n) is 7.00. The first kappa shape index (κ1) is 15.6. The second-order valence-electron chi connectivity index (χ2n) is 4.58. The number of nitrogens with one attached hydrogen (secondary N) is 1. The number of hydrogen-bond donors (Lipinski definition) is 2. The monoisotopic (exact) mass is 303 g/mol. The van der Waals surface area contributed by atoms with Crippen molar-refractivity contribution in [1.29, 1.82) is 0 Å². The first-order valence-corrected chi connectivity index (χ1v) is 8.23. The van der Waals surface area contributed by atoms with Crippen LogP contribution in [0.2, 0.25) is 0 Å². The third-order valence-corrected chi connectivity index (χ3v) is 3.65. The van der Waals surface area contributed by atoms with Crippen molar-refractivity contribution in [2.75, 3.05) is 23.1 Å². The molecule has 0 bridgehead atoms. The third-order valence-electron chi connectivity index (χ3n) is 3.10. The Labute approximate surface area is 129 Å². The maximum absolute atomic E-state index is 5.51. The van der Waals surface area contributed by atoms with E-state index in [0.29, 0.717) is 11.0 Å². The van der Waals surface area contributed by atoms with E-state index in [1.807, 2.05) is 30.5 Å². The highest BCUT2D eigenvalue weighted by Crippen LogP contribution is 2.27. The van der Waals surface area contributed by atoms with E-state index in [1.165, 1.54) is 11.8 Å². The van der Waals surface area contributed by atoms with E-state index in [-0.39, 0.29) is 0 Å². The minimum atomic E-state index is 0.627. The Hall–Kier alpha value is -1.79. The molecular weight excluding hydrogens is 282 g/mol. The molecule has 0 aliphatic carbocycles. The third kappa shape index (κ3) is 4.09. The minimum absolute atomic E-state index is 0.627. The van der Waals surface area contributed by atoms with Gasteiger partial charge in [0.1, 0.15) is 11.6 Å². The van der Waals surface area contributed by atoms with Crippen LogP contribution in [0.1, 0.15) is 19.8 Å². The minimum Gasteiger partial charge on any atom is -0.326 e. The summed E-state index contributed by atoms with van der Waals surface area (Å²) in [4.78, 5) is 11.1. The highest BCUT2D eigenvalue weighted by Gasteiger charge is 2.13. The van der Waals surface area contributed by atoms with E-state index in [9.17, 15) is 0 Å². The van der Waals surface area contributed by atoms with Gasteiger partial charge in [0.25, 0.3) is 0 Å². The van der Waals surface area contributed by atoms with Crippen LogP contribution < -0.4 is 16.2 Å². The molecule has 0 saturated heterocycles. The van der Waals surface area contributed by atoms with E-state index in [0.717, 1.165) is 30.9 Å². The van der Waals surface area contributed by atoms with E-state index < -0.39 is 0 Å². The molecule has 0 aliphatic rings. The van der Waals surface area contributed by atoms with Gasteiger partial charge < -0.3 is 10.3 Å². The number of aromatic nitrogens is 2. The van der Waals surface area contributed by atoms with Gasteiger partial charge in [-0.3, -0.25) is 0 Å². The van der Waals surface area contributed by atoms with E-state index in [2.05, 4.69) is 39.4 Å². The lowest BCUT2D eigenvalue weighted by atomic mass is 10.2. The van der Waals surface area contributed by atoms with Crippen LogP contribution >= 0.6 is 11.8 Å². The number of anilines is 3. The van der Waals surface area contributed by atoms with Crippen LogP contribution in [-0.2, 0) is 0 Å². The maximum atomic E-state index is 5.51. The molecular formula is C15H21N5S. The molecule has 0 unspecified atom stereocenters. The largest absolute Gasteiger partial charge is 0.326 e. The molecule has 0 spiro atoms. The number of hydrogen-bond acceptors (Lipinski definition) is 6. The molecule has 1 aromatic heterocycles. The summed E-state index contributed by atoms with van der Waals surface area (Å²) >= 11 is 1.50. The summed E-state index contributed by atoms with van der Waals surface area (Å²) in [5.74, 6) is 7.00. The van der Waals surface area contributed by atoms with Crippen LogP contribution in [0.25, 0.3) is 0 Å². The van der Waals surface area contributed by atoms with Gasteiger partial charge >= 0.3 is 0 Å². The van der Waals surface area contributed by atoms with Crippen LogP contribution in [-0.4, -0.2) is 22.8 Å². The zero-order valence-electron chi connectivity index (χ0n) is 12.4. The topological polar surface area (TPSA) is 67.1 Å². The van der Waals surface area contributed by atoms with Crippen molar-refractivity contribution >= 4 is 29.1 Å². The standard InChI is InChI=1S/C15H21N5S/c1-3-4-10-20(12-8-6-5-7-9-12)14-11-13(19-16)17-15(18-14)21-2/h5-9,11H,3-4,10,16H2,1-2H3,(H,17,18,19). The van der Waals surface area contributed by atoms with E-state index in [4.69, 9.17) is 5.84 Å². The zero-order chi connectivity index (χ0) is 15.1. The Balaban J connectivity index is 2.40. The molecule has 0 saturated carbocycles. The lowest BCUT2D eigenvalue weighted by Gasteiger charge is -2.24. The summed E-state index contributed by atoms with van der Waals surface area (Å²) < 4.78 is 0. The van der Waals surface area contributed by atoms with Gasteiger partial charge in [-0.05, 0) is 24.8 Å². The molecule has 2 aromatic rings. The Morgan fingerprint density at radius 2 is 2.00 bits per heavy atom. The average molecular weight is 303 g/mol. The smallest absolute Gasteiger partial charge is 0.191 e. The second kappa shape index (κ2) is 7.85. The molecule has 0 amide bonds. The highest BCUT2D eigenvalue weighted by atomic mass is 32.2. The quantitative estimate of drug-likeness (QED) is 0.353. The van der Waals surface area contributed by atoms with Crippen molar-refractivity contribution in [3.8, 4) is 0 Å². The Morgan fingerprint density at radius 1 is 1.24 bits per heavy atom. The van der Waals surface area contributed by atoms with Gasteiger partial charge in [-0.1, -0.05) is 43.3 Å². The molecule has 6 heteroatoms. The van der Waals surface area contributed by atoms with Gasteiger partial charge in [0.05, 0.1) is 0 Å². The molecule has 21 heavy (non-hydrogen) atoms. The molecule has 2 rings (SSSR count). The normalized spacial score (nSPS) is 10.4. The fourth-order valence-electron chi connectivity index (χ4n) is 2.02. The molecule has 0 fully saturated rings. The van der Waals surface area contributed by atoms with E-state index in [1.54, 1.807) is 0 Å². The Morgan fingerprint density at radius 3 is 2.62 bits per heavy atom. The fourth-order valence-corrected chi connectivity index (χ4v) is 2.39.